The largest absolute Gasteiger partial charge is 0.492 e. The maximum Gasteiger partial charge on any atom is 0.130 e. The lowest BCUT2D eigenvalue weighted by atomic mass is 10.0. The number of aliphatic hydroxyl groups excluding tert-OH is 1. The van der Waals surface area contributed by atoms with Crippen molar-refractivity contribution in [1.29, 1.82) is 0 Å². The number of unbranched alkanes of at least 4 members (excludes halogenated alkanes) is 5. The van der Waals surface area contributed by atoms with Gasteiger partial charge in [-0.2, -0.15) is 11.8 Å². The van der Waals surface area contributed by atoms with E-state index in [4.69, 9.17) is 9.47 Å². The number of para-hydroxylation sites is 1. The van der Waals surface area contributed by atoms with Crippen LogP contribution in [0.25, 0.3) is 10.9 Å². The molecule has 0 bridgehead atoms. The molecule has 0 saturated carbocycles. The molecule has 3 aromatic rings. The van der Waals surface area contributed by atoms with E-state index >= 15 is 0 Å². The van der Waals surface area contributed by atoms with E-state index in [0.717, 1.165) is 39.4 Å². The molecule has 170 valence electrons. The maximum atomic E-state index is 11.0. The lowest BCUT2D eigenvalue weighted by Crippen LogP contribution is -2.28. The quantitative estimate of drug-likeness (QED) is 0.329. The maximum absolute atomic E-state index is 11.0. The lowest BCUT2D eigenvalue weighted by Gasteiger charge is -2.30. The Labute approximate surface area is 195 Å². The fraction of sp³-hybridized carbons (Fsp3) is 0.444. The third-order valence-electron chi connectivity index (χ3n) is 5.93. The molecular weight excluding hydrogens is 418 g/mol. The predicted molar refractivity (Wildman–Crippen MR) is 133 cm³/mol. The smallest absolute Gasteiger partial charge is 0.130 e. The summed E-state index contributed by atoms with van der Waals surface area (Å²) in [5, 5.41) is 12.1. The summed E-state index contributed by atoms with van der Waals surface area (Å²) >= 11 is 1.82. The van der Waals surface area contributed by atoms with Gasteiger partial charge in [0.15, 0.2) is 0 Å². The number of ether oxygens (including phenoxy) is 2. The SMILES string of the molecule is CCCCCCCCSC1COc2ccc(OCc3ccc4ccccc4n3)cc2C1O. The average Bonchev–Trinajstić information content (AvgIpc) is 2.83. The third kappa shape index (κ3) is 5.96. The zero-order chi connectivity index (χ0) is 22.2. The summed E-state index contributed by atoms with van der Waals surface area (Å²) in [7, 11) is 0. The van der Waals surface area contributed by atoms with E-state index in [0.29, 0.717) is 13.2 Å². The predicted octanol–water partition coefficient (Wildman–Crippen LogP) is 6.70. The Morgan fingerprint density at radius 1 is 1.03 bits per heavy atom. The van der Waals surface area contributed by atoms with Crippen LogP contribution in [-0.4, -0.2) is 27.7 Å². The monoisotopic (exact) mass is 451 g/mol. The first-order chi connectivity index (χ1) is 15.7. The topological polar surface area (TPSA) is 51.6 Å². The molecule has 4 rings (SSSR count). The standard InChI is InChI=1S/C27H33NO3S/c1-2-3-4-5-6-9-16-32-26-19-31-25-15-14-22(17-23(25)27(26)29)30-18-21-13-12-20-10-7-8-11-24(20)28-21/h7-8,10-15,17,26-27,29H,2-6,9,16,18-19H2,1H3. The summed E-state index contributed by atoms with van der Waals surface area (Å²) in [5.41, 5.74) is 2.67. The molecule has 0 radical (unpaired) electrons. The number of rotatable bonds is 11. The van der Waals surface area contributed by atoms with Crippen LogP contribution in [0.3, 0.4) is 0 Å². The van der Waals surface area contributed by atoms with Crippen LogP contribution in [0.5, 0.6) is 11.5 Å². The summed E-state index contributed by atoms with van der Waals surface area (Å²) in [6.07, 6.45) is 7.20. The van der Waals surface area contributed by atoms with Crippen molar-refractivity contribution >= 4 is 22.7 Å². The highest BCUT2D eigenvalue weighted by atomic mass is 32.2. The van der Waals surface area contributed by atoms with E-state index in [9.17, 15) is 5.11 Å². The zero-order valence-corrected chi connectivity index (χ0v) is 19.7. The van der Waals surface area contributed by atoms with Crippen LogP contribution in [0.4, 0.5) is 0 Å². The van der Waals surface area contributed by atoms with Crippen molar-refractivity contribution in [1.82, 2.24) is 4.98 Å². The molecule has 0 spiro atoms. The minimum atomic E-state index is -0.536. The zero-order valence-electron chi connectivity index (χ0n) is 18.8. The average molecular weight is 452 g/mol. The summed E-state index contributed by atoms with van der Waals surface area (Å²) in [5.74, 6) is 2.55. The molecule has 1 aromatic heterocycles. The number of aromatic nitrogens is 1. The van der Waals surface area contributed by atoms with Crippen molar-refractivity contribution in [3.8, 4) is 11.5 Å². The molecule has 1 N–H and O–H groups in total. The van der Waals surface area contributed by atoms with Crippen LogP contribution in [0.1, 0.15) is 62.8 Å². The highest BCUT2D eigenvalue weighted by Gasteiger charge is 2.30. The van der Waals surface area contributed by atoms with Crippen molar-refractivity contribution < 1.29 is 14.6 Å². The van der Waals surface area contributed by atoms with Gasteiger partial charge in [-0.1, -0.05) is 63.3 Å². The van der Waals surface area contributed by atoms with Gasteiger partial charge in [-0.15, -0.1) is 0 Å². The summed E-state index contributed by atoms with van der Waals surface area (Å²) < 4.78 is 11.9. The second-order valence-electron chi connectivity index (χ2n) is 8.42. The van der Waals surface area contributed by atoms with E-state index < -0.39 is 6.10 Å². The van der Waals surface area contributed by atoms with Gasteiger partial charge in [-0.25, -0.2) is 4.98 Å². The van der Waals surface area contributed by atoms with Crippen molar-refractivity contribution in [3.05, 3.63) is 65.9 Å². The van der Waals surface area contributed by atoms with E-state index in [1.807, 2.05) is 54.2 Å². The Hall–Kier alpha value is -2.24. The van der Waals surface area contributed by atoms with Crippen LogP contribution >= 0.6 is 11.8 Å². The van der Waals surface area contributed by atoms with Gasteiger partial charge >= 0.3 is 0 Å². The Morgan fingerprint density at radius 2 is 1.88 bits per heavy atom. The van der Waals surface area contributed by atoms with Crippen LogP contribution < -0.4 is 9.47 Å². The van der Waals surface area contributed by atoms with E-state index in [1.165, 1.54) is 38.5 Å². The first-order valence-electron chi connectivity index (χ1n) is 11.8. The number of pyridine rings is 1. The van der Waals surface area contributed by atoms with Crippen molar-refractivity contribution in [3.63, 3.8) is 0 Å². The molecule has 2 atom stereocenters. The Morgan fingerprint density at radius 3 is 2.78 bits per heavy atom. The minimum absolute atomic E-state index is 0.0653. The van der Waals surface area contributed by atoms with Gasteiger partial charge < -0.3 is 14.6 Å². The number of hydrogen-bond acceptors (Lipinski definition) is 5. The molecular formula is C27H33NO3S. The number of thioether (sulfide) groups is 1. The van der Waals surface area contributed by atoms with Gasteiger partial charge in [-0.3, -0.25) is 0 Å². The number of benzene rings is 2. The first-order valence-corrected chi connectivity index (χ1v) is 12.8. The van der Waals surface area contributed by atoms with Crippen molar-refractivity contribution in [2.75, 3.05) is 12.4 Å². The number of aliphatic hydroxyl groups is 1. The van der Waals surface area contributed by atoms with E-state index in [-0.39, 0.29) is 5.25 Å². The summed E-state index contributed by atoms with van der Waals surface area (Å²) in [6, 6.07) is 17.8. The molecule has 4 nitrogen and oxygen atoms in total. The van der Waals surface area contributed by atoms with Crippen LogP contribution in [0.2, 0.25) is 0 Å². The Bertz CT molecular complexity index is 1010. The molecule has 0 amide bonds. The van der Waals surface area contributed by atoms with E-state index in [2.05, 4.69) is 24.0 Å². The summed E-state index contributed by atoms with van der Waals surface area (Å²) in [6.45, 7) is 3.18. The van der Waals surface area contributed by atoms with Gasteiger partial charge in [0.2, 0.25) is 0 Å². The summed E-state index contributed by atoms with van der Waals surface area (Å²) in [4.78, 5) is 4.67. The molecule has 0 saturated heterocycles. The molecule has 1 aliphatic rings. The molecule has 0 aliphatic carbocycles. The van der Waals surface area contributed by atoms with Crippen LogP contribution in [-0.2, 0) is 6.61 Å². The number of hydrogen-bond donors (Lipinski definition) is 1. The fourth-order valence-electron chi connectivity index (χ4n) is 4.04. The van der Waals surface area contributed by atoms with Crippen molar-refractivity contribution in [2.45, 2.75) is 63.4 Å². The minimum Gasteiger partial charge on any atom is -0.492 e. The lowest BCUT2D eigenvalue weighted by molar-refractivity contribution is 0.122. The highest BCUT2D eigenvalue weighted by molar-refractivity contribution is 7.99. The van der Waals surface area contributed by atoms with Gasteiger partial charge in [-0.05, 0) is 42.5 Å². The van der Waals surface area contributed by atoms with Crippen molar-refractivity contribution in [2.24, 2.45) is 0 Å². The molecule has 2 unspecified atom stereocenters. The second-order valence-corrected chi connectivity index (χ2v) is 9.76. The Kier molecular flexibility index (Phi) is 8.30. The van der Waals surface area contributed by atoms with Gasteiger partial charge in [0.1, 0.15) is 24.7 Å². The van der Waals surface area contributed by atoms with Gasteiger partial charge in [0, 0.05) is 10.9 Å². The molecule has 1 aliphatic heterocycles. The van der Waals surface area contributed by atoms with Gasteiger partial charge in [0.05, 0.1) is 22.6 Å². The highest BCUT2D eigenvalue weighted by Crippen LogP contribution is 2.39. The van der Waals surface area contributed by atoms with Gasteiger partial charge in [0.25, 0.3) is 0 Å². The fourth-order valence-corrected chi connectivity index (χ4v) is 5.21. The molecule has 0 fully saturated rings. The number of fused-ring (bicyclic) bond motifs is 2. The van der Waals surface area contributed by atoms with E-state index in [1.54, 1.807) is 0 Å². The Balaban J connectivity index is 1.31. The first kappa shape index (κ1) is 22.9. The number of nitrogens with zero attached hydrogens (tertiary/aromatic N) is 1. The third-order valence-corrected chi connectivity index (χ3v) is 7.27. The molecule has 2 aromatic carbocycles. The normalized spacial score (nSPS) is 17.7. The molecule has 5 heteroatoms. The molecule has 2 heterocycles. The molecule has 32 heavy (non-hydrogen) atoms. The second kappa shape index (κ2) is 11.6. The van der Waals surface area contributed by atoms with Crippen LogP contribution in [0.15, 0.2) is 54.6 Å². The van der Waals surface area contributed by atoms with Crippen LogP contribution in [0, 0.1) is 0 Å².